The fourth-order valence-corrected chi connectivity index (χ4v) is 7.33. The summed E-state index contributed by atoms with van der Waals surface area (Å²) in [6.45, 7) is 7.90. The predicted molar refractivity (Wildman–Crippen MR) is 215 cm³/mol. The van der Waals surface area contributed by atoms with E-state index in [1.165, 1.54) is 32.9 Å². The highest BCUT2D eigenvalue weighted by atomic mass is 19.4. The van der Waals surface area contributed by atoms with E-state index in [4.69, 9.17) is 0 Å². The van der Waals surface area contributed by atoms with Crippen LogP contribution in [0.3, 0.4) is 0 Å². The second-order valence-corrected chi connectivity index (χ2v) is 16.7. The maximum absolute atomic E-state index is 14.8. The van der Waals surface area contributed by atoms with Crippen LogP contribution in [0.2, 0.25) is 0 Å². The topological polar surface area (TPSA) is 25.8 Å². The molecule has 0 saturated carbocycles. The molecule has 0 aliphatic rings. The molecule has 2 heterocycles. The van der Waals surface area contributed by atoms with E-state index in [9.17, 15) is 61.5 Å². The number of hydrogen-bond acceptors (Lipinski definition) is 2. The van der Waals surface area contributed by atoms with Gasteiger partial charge in [0.05, 0.1) is 0 Å². The predicted octanol–water partition coefficient (Wildman–Crippen LogP) is 14.3. The highest BCUT2D eigenvalue weighted by molar-refractivity contribution is 6.06. The van der Waals surface area contributed by atoms with Crippen molar-refractivity contribution in [3.63, 3.8) is 0 Å². The Morgan fingerprint density at radius 2 is 0.984 bits per heavy atom. The fraction of sp³-hybridized carbons (Fsp3) is 0.292. The van der Waals surface area contributed by atoms with Gasteiger partial charge in [-0.2, -0.15) is 61.5 Å². The molecule has 0 unspecified atom stereocenters. The zero-order chi connectivity index (χ0) is 47.5. The van der Waals surface area contributed by atoms with Crippen LogP contribution in [0.1, 0.15) is 62.4 Å². The van der Waals surface area contributed by atoms with Gasteiger partial charge < -0.3 is 0 Å². The molecule has 64 heavy (non-hydrogen) atoms. The van der Waals surface area contributed by atoms with Gasteiger partial charge in [0.1, 0.15) is 0 Å². The van der Waals surface area contributed by atoms with Crippen LogP contribution in [0, 0.1) is 23.7 Å². The Balaban J connectivity index is 1.64. The Morgan fingerprint density at radius 1 is 0.484 bits per heavy atom. The molecule has 0 amide bonds. The number of rotatable bonds is 7. The molecule has 2 aromatic heterocycles. The lowest BCUT2D eigenvalue weighted by Crippen LogP contribution is -2.51. The first kappa shape index (κ1) is 47.3. The molecule has 0 N–H and O–H groups in total. The van der Waals surface area contributed by atoms with Crippen LogP contribution in [0.15, 0.2) is 104 Å². The zero-order valence-corrected chi connectivity index (χ0v) is 34.2. The first-order chi connectivity index (χ1) is 29.4. The Morgan fingerprint density at radius 3 is 1.50 bits per heavy atom. The van der Waals surface area contributed by atoms with Crippen LogP contribution in [0.25, 0.3) is 43.8 Å². The van der Waals surface area contributed by atoms with Crippen molar-refractivity contribution in [2.75, 3.05) is 0 Å². The summed E-state index contributed by atoms with van der Waals surface area (Å²) in [5, 5.41) is 1.03. The molecule has 0 bridgehead atoms. The first-order valence-corrected chi connectivity index (χ1v) is 19.1. The number of benzene rings is 4. The Labute approximate surface area is 357 Å². The number of nitrogens with zero attached hydrogens (tertiary/aromatic N) is 2. The largest absolute Gasteiger partial charge is 0.461 e. The van der Waals surface area contributed by atoms with E-state index in [1.807, 2.05) is 56.3 Å². The first-order valence-electron chi connectivity index (χ1n) is 19.1. The van der Waals surface area contributed by atoms with Crippen molar-refractivity contribution in [1.82, 2.24) is 9.97 Å². The summed E-state index contributed by atoms with van der Waals surface area (Å²) in [6, 6.07) is 21.5. The molecule has 0 radical (unpaired) electrons. The molecule has 0 fully saturated rings. The van der Waals surface area contributed by atoms with Crippen molar-refractivity contribution in [2.24, 2.45) is 0 Å². The van der Waals surface area contributed by atoms with E-state index in [1.54, 1.807) is 48.8 Å². The van der Waals surface area contributed by atoms with Gasteiger partial charge in [0.15, 0.2) is 0 Å². The van der Waals surface area contributed by atoms with Gasteiger partial charge in [-0.3, -0.25) is 9.97 Å². The molecular formula is C48H34F14N2. The Hall–Kier alpha value is -6.16. The minimum atomic E-state index is -6.74. The summed E-state index contributed by atoms with van der Waals surface area (Å²) in [6.07, 6.45) is -6.96. The third-order valence-corrected chi connectivity index (χ3v) is 10.6. The lowest BCUT2D eigenvalue weighted by atomic mass is 9.73. The number of aromatic nitrogens is 2. The summed E-state index contributed by atoms with van der Waals surface area (Å²) < 4.78 is 193. The third kappa shape index (κ3) is 8.71. The van der Waals surface area contributed by atoms with Crippen LogP contribution in [0.4, 0.5) is 61.5 Å². The van der Waals surface area contributed by atoms with Crippen LogP contribution < -0.4 is 0 Å². The molecule has 0 atom stereocenters. The van der Waals surface area contributed by atoms with Crippen LogP contribution >= 0.6 is 0 Å². The van der Waals surface area contributed by atoms with E-state index in [0.717, 1.165) is 56.6 Å². The summed E-state index contributed by atoms with van der Waals surface area (Å²) in [7, 11) is 0. The van der Waals surface area contributed by atoms with E-state index < -0.39 is 58.0 Å². The van der Waals surface area contributed by atoms with E-state index in [2.05, 4.69) is 9.97 Å². The molecule has 6 rings (SSSR count). The average molecular weight is 905 g/mol. The summed E-state index contributed by atoms with van der Waals surface area (Å²) in [5.74, 6) is -20.4. The van der Waals surface area contributed by atoms with Gasteiger partial charge in [0.2, 0.25) is 0 Å². The van der Waals surface area contributed by atoms with Crippen molar-refractivity contribution < 1.29 is 61.5 Å². The van der Waals surface area contributed by atoms with E-state index in [0.29, 0.717) is 11.5 Å². The fourth-order valence-electron chi connectivity index (χ4n) is 7.33. The van der Waals surface area contributed by atoms with Gasteiger partial charge in [-0.25, -0.2) is 0 Å². The second kappa shape index (κ2) is 16.1. The summed E-state index contributed by atoms with van der Waals surface area (Å²) in [4.78, 5) is 8.27. The van der Waals surface area contributed by atoms with Crippen LogP contribution in [-0.4, -0.2) is 46.0 Å². The number of pyridine rings is 2. The van der Waals surface area contributed by atoms with Gasteiger partial charge in [0.25, 0.3) is 0 Å². The number of fused-ring (bicyclic) bond motifs is 2. The Bertz CT molecular complexity index is 2850. The quantitative estimate of drug-likeness (QED) is 0.118. The van der Waals surface area contributed by atoms with Gasteiger partial charge in [-0.15, -0.1) is 0 Å². The summed E-state index contributed by atoms with van der Waals surface area (Å²) >= 11 is 0. The molecule has 2 nitrogen and oxygen atoms in total. The molecule has 334 valence electrons. The zero-order valence-electron chi connectivity index (χ0n) is 34.2. The number of hydrogen-bond donors (Lipinski definition) is 0. The molecule has 4 aromatic carbocycles. The van der Waals surface area contributed by atoms with E-state index in [-0.39, 0.29) is 22.8 Å². The van der Waals surface area contributed by atoms with Crippen molar-refractivity contribution in [1.29, 1.82) is 0 Å². The van der Waals surface area contributed by atoms with Crippen LogP contribution in [0.5, 0.6) is 0 Å². The monoisotopic (exact) mass is 904 g/mol. The lowest BCUT2D eigenvalue weighted by molar-refractivity contribution is -0.339. The number of alkyl halides is 14. The highest BCUT2D eigenvalue weighted by Crippen LogP contribution is 2.49. The Kier molecular flexibility index (Phi) is 11.9. The van der Waals surface area contributed by atoms with Crippen LogP contribution in [-0.2, 0) is 17.3 Å². The highest BCUT2D eigenvalue weighted by Gasteiger charge is 2.73. The maximum atomic E-state index is 14.8. The van der Waals surface area contributed by atoms with Crippen molar-refractivity contribution in [3.05, 3.63) is 131 Å². The summed E-state index contributed by atoms with van der Waals surface area (Å²) in [5.41, 5.74) is 0.553. The molecular weight excluding hydrogens is 871 g/mol. The number of halogens is 14. The lowest BCUT2D eigenvalue weighted by Gasteiger charge is -2.31. The molecule has 0 aliphatic carbocycles. The smallest absolute Gasteiger partial charge is 0.265 e. The van der Waals surface area contributed by atoms with E-state index >= 15 is 0 Å². The average Bonchev–Trinajstić information content (AvgIpc) is 3.20. The molecule has 6 aromatic rings. The van der Waals surface area contributed by atoms with Gasteiger partial charge in [-0.05, 0) is 132 Å². The molecule has 0 saturated heterocycles. The second-order valence-electron chi connectivity index (χ2n) is 16.7. The molecule has 0 aliphatic heterocycles. The molecule has 16 heteroatoms. The maximum Gasteiger partial charge on any atom is 0.461 e. The van der Waals surface area contributed by atoms with Crippen molar-refractivity contribution >= 4 is 21.5 Å². The minimum absolute atomic E-state index is 0.0565. The van der Waals surface area contributed by atoms with Crippen molar-refractivity contribution in [3.8, 4) is 45.9 Å². The third-order valence-electron chi connectivity index (χ3n) is 10.6. The minimum Gasteiger partial charge on any atom is -0.265 e. The SMILES string of the molecule is CC(C)(C)c1cc(C#CC(F)(F)C(F)(F)C(F)(F)F)c2ccc(CC(C)(C)c3cc(-c4ccncc4)c4ccccc4c3-c3ccncc3)cc2c1C#CC(F)(F)C(F)(F)C(F)(F)F. The normalized spacial score (nSPS) is 13.4. The standard InChI is InChI=1S/C48H34F14N2/c1-41(2,3)38-25-31(12-18-43(49,50)45(53,54)47(57,58)59)32-11-10-28(24-37(32)34(38)13-19-44(51,52)46(55,56)48(60,61)62)27-42(4,5)39-26-36(29-14-20-63-21-15-29)33-8-6-7-9-35(33)40(39)30-16-22-64-23-17-30/h6-11,14-17,20-26H,27H2,1-5H3. The van der Waals surface area contributed by atoms with Gasteiger partial charge in [-0.1, -0.05) is 82.9 Å². The van der Waals surface area contributed by atoms with Crippen molar-refractivity contribution in [2.45, 2.75) is 87.9 Å². The van der Waals surface area contributed by atoms with Gasteiger partial charge in [0, 0.05) is 35.9 Å². The molecule has 0 spiro atoms. The van der Waals surface area contributed by atoms with Gasteiger partial charge >= 0.3 is 36.0 Å².